The van der Waals surface area contributed by atoms with Gasteiger partial charge in [0.25, 0.3) is 0 Å². The molecule has 1 aromatic carbocycles. The number of unbranched alkanes of at least 4 members (excludes halogenated alkanes) is 11. The normalized spacial score (nSPS) is 13.1. The Bertz CT molecular complexity index is 416. The van der Waals surface area contributed by atoms with Gasteiger partial charge in [0.2, 0.25) is 0 Å². The first-order valence-corrected chi connectivity index (χ1v) is 10.9. The van der Waals surface area contributed by atoms with E-state index in [2.05, 4.69) is 12.2 Å². The second-order valence-electron chi connectivity index (χ2n) is 7.49. The van der Waals surface area contributed by atoms with Gasteiger partial charge in [-0.15, -0.1) is 12.4 Å². The molecule has 0 aromatic heterocycles. The van der Waals surface area contributed by atoms with Crippen LogP contribution in [-0.4, -0.2) is 29.4 Å². The van der Waals surface area contributed by atoms with Crippen molar-refractivity contribution in [3.05, 3.63) is 35.9 Å². The van der Waals surface area contributed by atoms with E-state index < -0.39 is 6.10 Å². The van der Waals surface area contributed by atoms with Crippen LogP contribution in [0.2, 0.25) is 0 Å². The summed E-state index contributed by atoms with van der Waals surface area (Å²) in [6.45, 7) is 3.08. The minimum absolute atomic E-state index is 0. The van der Waals surface area contributed by atoms with Gasteiger partial charge in [0.05, 0.1) is 18.8 Å². The molecule has 0 heterocycles. The zero-order valence-electron chi connectivity index (χ0n) is 17.2. The molecule has 2 unspecified atom stereocenters. The van der Waals surface area contributed by atoms with Crippen LogP contribution in [0.3, 0.4) is 0 Å². The molecular weight excluding hydrogens is 358 g/mol. The Morgan fingerprint density at radius 2 is 1.26 bits per heavy atom. The number of benzene rings is 1. The van der Waals surface area contributed by atoms with Crippen LogP contribution in [0.1, 0.15) is 95.6 Å². The Hall–Kier alpha value is -0.610. The molecule has 3 N–H and O–H groups in total. The summed E-state index contributed by atoms with van der Waals surface area (Å²) < 4.78 is 0. The van der Waals surface area contributed by atoms with E-state index >= 15 is 0 Å². The lowest BCUT2D eigenvalue weighted by atomic mass is 10.0. The van der Waals surface area contributed by atoms with Gasteiger partial charge in [-0.05, 0) is 18.5 Å². The van der Waals surface area contributed by atoms with Crippen molar-refractivity contribution in [1.82, 2.24) is 5.32 Å². The van der Waals surface area contributed by atoms with Gasteiger partial charge < -0.3 is 15.5 Å². The summed E-state index contributed by atoms with van der Waals surface area (Å²) in [5.74, 6) is 0. The summed E-state index contributed by atoms with van der Waals surface area (Å²) in [6, 6.07) is 9.28. The molecule has 3 nitrogen and oxygen atoms in total. The highest BCUT2D eigenvalue weighted by Gasteiger charge is 2.18. The van der Waals surface area contributed by atoms with E-state index in [9.17, 15) is 10.2 Å². The fourth-order valence-electron chi connectivity index (χ4n) is 3.41. The molecular formula is C23H42ClNO2. The van der Waals surface area contributed by atoms with Crippen molar-refractivity contribution in [2.24, 2.45) is 0 Å². The van der Waals surface area contributed by atoms with Crippen molar-refractivity contribution in [1.29, 1.82) is 0 Å². The minimum Gasteiger partial charge on any atom is -0.395 e. The van der Waals surface area contributed by atoms with Gasteiger partial charge in [-0.25, -0.2) is 0 Å². The molecule has 1 aromatic rings. The highest BCUT2D eigenvalue weighted by atomic mass is 35.5. The van der Waals surface area contributed by atoms with Gasteiger partial charge in [0.15, 0.2) is 0 Å². The first-order valence-electron chi connectivity index (χ1n) is 10.9. The SMILES string of the molecule is CCCCCCCCCCCCCCNC(CO)C(O)c1ccccc1.Cl. The fraction of sp³-hybridized carbons (Fsp3) is 0.739. The van der Waals surface area contributed by atoms with Crippen LogP contribution >= 0.6 is 12.4 Å². The van der Waals surface area contributed by atoms with E-state index in [0.29, 0.717) is 0 Å². The van der Waals surface area contributed by atoms with Crippen molar-refractivity contribution in [3.8, 4) is 0 Å². The third-order valence-electron chi connectivity index (χ3n) is 5.16. The lowest BCUT2D eigenvalue weighted by Gasteiger charge is -2.22. The molecule has 0 aliphatic heterocycles. The maximum Gasteiger partial charge on any atom is 0.0965 e. The van der Waals surface area contributed by atoms with Crippen molar-refractivity contribution < 1.29 is 10.2 Å². The Kier molecular flexibility index (Phi) is 18.3. The number of hydrogen-bond donors (Lipinski definition) is 3. The van der Waals surface area contributed by atoms with Crippen LogP contribution in [0.25, 0.3) is 0 Å². The van der Waals surface area contributed by atoms with Crippen molar-refractivity contribution in [2.75, 3.05) is 13.2 Å². The predicted molar refractivity (Wildman–Crippen MR) is 119 cm³/mol. The quantitative estimate of drug-likeness (QED) is 0.290. The molecule has 0 spiro atoms. The molecule has 0 saturated carbocycles. The van der Waals surface area contributed by atoms with Gasteiger partial charge in [-0.1, -0.05) is 108 Å². The summed E-state index contributed by atoms with van der Waals surface area (Å²) in [7, 11) is 0. The first kappa shape index (κ1) is 26.4. The molecule has 1 rings (SSSR count). The number of aliphatic hydroxyl groups excluding tert-OH is 2. The molecule has 0 radical (unpaired) electrons. The first-order chi connectivity index (χ1) is 12.8. The molecule has 0 aliphatic carbocycles. The minimum atomic E-state index is -0.654. The van der Waals surface area contributed by atoms with Gasteiger partial charge in [0, 0.05) is 0 Å². The van der Waals surface area contributed by atoms with E-state index in [4.69, 9.17) is 0 Å². The molecule has 0 saturated heterocycles. The van der Waals surface area contributed by atoms with E-state index in [1.54, 1.807) is 0 Å². The Labute approximate surface area is 173 Å². The van der Waals surface area contributed by atoms with E-state index in [-0.39, 0.29) is 25.1 Å². The van der Waals surface area contributed by atoms with Crippen LogP contribution < -0.4 is 5.32 Å². The third kappa shape index (κ3) is 13.2. The number of halogens is 1. The summed E-state index contributed by atoms with van der Waals surface area (Å²) in [5.41, 5.74) is 0.855. The van der Waals surface area contributed by atoms with E-state index in [1.807, 2.05) is 30.3 Å². The summed E-state index contributed by atoms with van der Waals surface area (Å²) in [5, 5.41) is 23.2. The maximum atomic E-state index is 10.3. The molecule has 27 heavy (non-hydrogen) atoms. The second kappa shape index (κ2) is 18.7. The standard InChI is InChI=1S/C23H41NO2.ClH/c1-2-3-4-5-6-7-8-9-10-11-12-16-19-24-22(20-25)23(26)21-17-14-13-15-18-21;/h13-15,17-18,22-26H,2-12,16,19-20H2,1H3;1H. The molecule has 0 bridgehead atoms. The predicted octanol–water partition coefficient (Wildman–Crippen LogP) is 5.79. The van der Waals surface area contributed by atoms with Crippen LogP contribution in [0.15, 0.2) is 30.3 Å². The van der Waals surface area contributed by atoms with E-state index in [0.717, 1.165) is 18.5 Å². The lowest BCUT2D eigenvalue weighted by molar-refractivity contribution is 0.0899. The van der Waals surface area contributed by atoms with Crippen LogP contribution in [0.5, 0.6) is 0 Å². The van der Waals surface area contributed by atoms with Gasteiger partial charge in [-0.2, -0.15) is 0 Å². The number of aliphatic hydroxyl groups is 2. The van der Waals surface area contributed by atoms with Crippen molar-refractivity contribution >= 4 is 12.4 Å². The molecule has 158 valence electrons. The number of rotatable bonds is 17. The fourth-order valence-corrected chi connectivity index (χ4v) is 3.41. The van der Waals surface area contributed by atoms with Crippen molar-refractivity contribution in [2.45, 2.75) is 96.1 Å². The summed E-state index contributed by atoms with van der Waals surface area (Å²) in [6.07, 6.45) is 15.4. The number of hydrogen-bond acceptors (Lipinski definition) is 3. The van der Waals surface area contributed by atoms with Gasteiger partial charge in [-0.3, -0.25) is 0 Å². The average molecular weight is 400 g/mol. The second-order valence-corrected chi connectivity index (χ2v) is 7.49. The molecule has 0 amide bonds. The largest absolute Gasteiger partial charge is 0.395 e. The smallest absolute Gasteiger partial charge is 0.0965 e. The monoisotopic (exact) mass is 399 g/mol. The van der Waals surface area contributed by atoms with Crippen LogP contribution in [0.4, 0.5) is 0 Å². The lowest BCUT2D eigenvalue weighted by Crippen LogP contribution is -2.38. The number of nitrogens with one attached hydrogen (secondary N) is 1. The molecule has 4 heteroatoms. The van der Waals surface area contributed by atoms with E-state index in [1.165, 1.54) is 70.6 Å². The van der Waals surface area contributed by atoms with Crippen molar-refractivity contribution in [3.63, 3.8) is 0 Å². The Morgan fingerprint density at radius 3 is 1.74 bits per heavy atom. The van der Waals surface area contributed by atoms with Gasteiger partial charge in [0.1, 0.15) is 0 Å². The zero-order valence-corrected chi connectivity index (χ0v) is 18.1. The maximum absolute atomic E-state index is 10.3. The van der Waals surface area contributed by atoms with Gasteiger partial charge >= 0.3 is 0 Å². The highest BCUT2D eigenvalue weighted by molar-refractivity contribution is 5.85. The zero-order chi connectivity index (χ0) is 18.9. The van der Waals surface area contributed by atoms with Crippen LogP contribution in [-0.2, 0) is 0 Å². The highest BCUT2D eigenvalue weighted by Crippen LogP contribution is 2.16. The molecule has 0 aliphatic rings. The Balaban J connectivity index is 0.00000676. The molecule has 0 fully saturated rings. The third-order valence-corrected chi connectivity index (χ3v) is 5.16. The molecule has 2 atom stereocenters. The Morgan fingerprint density at radius 1 is 0.778 bits per heavy atom. The van der Waals surface area contributed by atoms with Crippen LogP contribution in [0, 0.1) is 0 Å². The summed E-state index contributed by atoms with van der Waals surface area (Å²) in [4.78, 5) is 0. The average Bonchev–Trinajstić information content (AvgIpc) is 2.68. The summed E-state index contributed by atoms with van der Waals surface area (Å²) >= 11 is 0. The topological polar surface area (TPSA) is 52.5 Å².